The summed E-state index contributed by atoms with van der Waals surface area (Å²) in [5, 5.41) is 18.3. The van der Waals surface area contributed by atoms with Gasteiger partial charge in [-0.15, -0.1) is 0 Å². The summed E-state index contributed by atoms with van der Waals surface area (Å²) >= 11 is 0. The van der Waals surface area contributed by atoms with Crippen LogP contribution in [0.25, 0.3) is 0 Å². The first-order valence-corrected chi connectivity index (χ1v) is 12.1. The Morgan fingerprint density at radius 1 is 0.690 bits per heavy atom. The Morgan fingerprint density at radius 3 is 1.52 bits per heavy atom. The van der Waals surface area contributed by atoms with Crippen molar-refractivity contribution in [3.05, 3.63) is 0 Å². The Balaban J connectivity index is 3.23. The Kier molecular flexibility index (Phi) is 20.8. The maximum Gasteiger partial charge on any atom is 0.306 e. The fraction of sp³-hybridized carbons (Fsp3) is 0.917. The van der Waals surface area contributed by atoms with Crippen molar-refractivity contribution in [2.45, 2.75) is 135 Å². The molecule has 5 heteroatoms. The Bertz CT molecular complexity index is 383. The molecule has 2 N–H and O–H groups in total. The average molecular weight is 415 g/mol. The minimum absolute atomic E-state index is 0.0306. The summed E-state index contributed by atoms with van der Waals surface area (Å²) in [6.45, 7) is 2.23. The smallest absolute Gasteiger partial charge is 0.306 e. The summed E-state index contributed by atoms with van der Waals surface area (Å²) in [5.41, 5.74) is 0. The van der Waals surface area contributed by atoms with E-state index in [1.54, 1.807) is 0 Å². The monoisotopic (exact) mass is 414 g/mol. The number of hydrogen-bond acceptors (Lipinski definition) is 4. The molecule has 0 saturated heterocycles. The number of esters is 1. The molecular formula is C24H46O5. The zero-order valence-electron chi connectivity index (χ0n) is 18.8. The van der Waals surface area contributed by atoms with Crippen LogP contribution >= 0.6 is 0 Å². The van der Waals surface area contributed by atoms with E-state index in [2.05, 4.69) is 6.92 Å². The van der Waals surface area contributed by atoms with Crippen LogP contribution in [0.5, 0.6) is 0 Å². The van der Waals surface area contributed by atoms with Crippen molar-refractivity contribution < 1.29 is 24.5 Å². The summed E-state index contributed by atoms with van der Waals surface area (Å²) < 4.78 is 4.88. The van der Waals surface area contributed by atoms with Crippen LogP contribution in [0, 0.1) is 0 Å². The molecule has 0 saturated carbocycles. The standard InChI is InChI=1S/C24H46O5/c1-2-3-4-5-6-7-8-9-10-11-12-13-14-15-16-17-18-22(25)21-29-24(28)20-19-23(26)27/h22,25H,2-21H2,1H3,(H,26,27). The van der Waals surface area contributed by atoms with E-state index in [1.807, 2.05) is 0 Å². The van der Waals surface area contributed by atoms with Crippen molar-refractivity contribution in [1.82, 2.24) is 0 Å². The Labute approximate surface area is 178 Å². The number of carboxylic acids is 1. The van der Waals surface area contributed by atoms with Crippen LogP contribution in [0.2, 0.25) is 0 Å². The molecule has 29 heavy (non-hydrogen) atoms. The molecule has 0 heterocycles. The quantitative estimate of drug-likeness (QED) is 0.158. The van der Waals surface area contributed by atoms with Gasteiger partial charge >= 0.3 is 11.9 Å². The highest BCUT2D eigenvalue weighted by atomic mass is 16.5. The molecule has 0 aromatic carbocycles. The summed E-state index contributed by atoms with van der Waals surface area (Å²) in [5.74, 6) is -1.57. The van der Waals surface area contributed by atoms with Crippen LogP contribution in [0.4, 0.5) is 0 Å². The highest BCUT2D eigenvalue weighted by molar-refractivity contribution is 5.76. The third-order valence-electron chi connectivity index (χ3n) is 5.37. The topological polar surface area (TPSA) is 83.8 Å². The van der Waals surface area contributed by atoms with E-state index in [9.17, 15) is 14.7 Å². The highest BCUT2D eigenvalue weighted by Crippen LogP contribution is 2.14. The lowest BCUT2D eigenvalue weighted by atomic mass is 10.0. The SMILES string of the molecule is CCCCCCCCCCCCCCCCCCC(O)COC(=O)CCC(=O)O. The molecule has 0 aliphatic carbocycles. The third kappa shape index (κ3) is 23.0. The van der Waals surface area contributed by atoms with Gasteiger partial charge in [0.15, 0.2) is 0 Å². The lowest BCUT2D eigenvalue weighted by molar-refractivity contribution is -0.150. The van der Waals surface area contributed by atoms with E-state index in [4.69, 9.17) is 9.84 Å². The van der Waals surface area contributed by atoms with Gasteiger partial charge in [-0.1, -0.05) is 110 Å². The van der Waals surface area contributed by atoms with Crippen molar-refractivity contribution in [2.24, 2.45) is 0 Å². The molecular weight excluding hydrogens is 368 g/mol. The van der Waals surface area contributed by atoms with E-state index < -0.39 is 18.0 Å². The molecule has 0 aromatic heterocycles. The molecule has 172 valence electrons. The molecule has 0 bridgehead atoms. The van der Waals surface area contributed by atoms with E-state index in [0.717, 1.165) is 12.8 Å². The van der Waals surface area contributed by atoms with Crippen molar-refractivity contribution in [3.8, 4) is 0 Å². The number of unbranched alkanes of at least 4 members (excludes halogenated alkanes) is 15. The number of ether oxygens (including phenoxy) is 1. The number of carbonyl (C=O) groups excluding carboxylic acids is 1. The van der Waals surface area contributed by atoms with Gasteiger partial charge in [-0.25, -0.2) is 0 Å². The summed E-state index contributed by atoms with van der Waals surface area (Å²) in [4.78, 5) is 21.6. The van der Waals surface area contributed by atoms with Gasteiger partial charge in [0.05, 0.1) is 18.9 Å². The molecule has 1 atom stereocenters. The molecule has 0 rings (SSSR count). The number of rotatable bonds is 22. The minimum Gasteiger partial charge on any atom is -0.481 e. The van der Waals surface area contributed by atoms with Crippen LogP contribution in [-0.2, 0) is 14.3 Å². The fourth-order valence-corrected chi connectivity index (χ4v) is 3.48. The van der Waals surface area contributed by atoms with E-state index >= 15 is 0 Å². The second-order valence-corrected chi connectivity index (χ2v) is 8.32. The molecule has 0 spiro atoms. The molecule has 0 aliphatic rings. The first-order chi connectivity index (χ1) is 14.1. The van der Waals surface area contributed by atoms with Crippen molar-refractivity contribution in [3.63, 3.8) is 0 Å². The number of aliphatic hydroxyl groups is 1. The molecule has 0 fully saturated rings. The first-order valence-electron chi connectivity index (χ1n) is 12.1. The Hall–Kier alpha value is -1.10. The first kappa shape index (κ1) is 27.9. The van der Waals surface area contributed by atoms with Gasteiger partial charge in [0.25, 0.3) is 0 Å². The highest BCUT2D eigenvalue weighted by Gasteiger charge is 2.10. The molecule has 0 aliphatic heterocycles. The van der Waals surface area contributed by atoms with Crippen LogP contribution in [0.3, 0.4) is 0 Å². The maximum absolute atomic E-state index is 11.3. The van der Waals surface area contributed by atoms with E-state index in [1.165, 1.54) is 89.9 Å². The fourth-order valence-electron chi connectivity index (χ4n) is 3.48. The average Bonchev–Trinajstić information content (AvgIpc) is 2.70. The van der Waals surface area contributed by atoms with Gasteiger partial charge in [0, 0.05) is 0 Å². The van der Waals surface area contributed by atoms with Gasteiger partial charge in [-0.2, -0.15) is 0 Å². The predicted molar refractivity (Wildman–Crippen MR) is 118 cm³/mol. The lowest BCUT2D eigenvalue weighted by Crippen LogP contribution is -2.19. The Morgan fingerprint density at radius 2 is 1.10 bits per heavy atom. The maximum atomic E-state index is 11.3. The molecule has 5 nitrogen and oxygen atoms in total. The van der Waals surface area contributed by atoms with Crippen LogP contribution < -0.4 is 0 Å². The molecule has 0 aromatic rings. The minimum atomic E-state index is -1.02. The van der Waals surface area contributed by atoms with Gasteiger partial charge < -0.3 is 14.9 Å². The second-order valence-electron chi connectivity index (χ2n) is 8.32. The third-order valence-corrected chi connectivity index (χ3v) is 5.37. The van der Waals surface area contributed by atoms with Crippen LogP contribution in [-0.4, -0.2) is 34.9 Å². The predicted octanol–water partition coefficient (Wildman–Crippen LogP) is 6.41. The van der Waals surface area contributed by atoms with Crippen LogP contribution in [0.1, 0.15) is 129 Å². The van der Waals surface area contributed by atoms with Crippen molar-refractivity contribution >= 4 is 11.9 Å². The van der Waals surface area contributed by atoms with Gasteiger partial charge in [-0.05, 0) is 6.42 Å². The largest absolute Gasteiger partial charge is 0.481 e. The van der Waals surface area contributed by atoms with Crippen molar-refractivity contribution in [1.29, 1.82) is 0 Å². The molecule has 0 radical (unpaired) electrons. The number of aliphatic hydroxyl groups excluding tert-OH is 1. The zero-order chi connectivity index (χ0) is 21.6. The number of aliphatic carboxylic acids is 1. The van der Waals surface area contributed by atoms with Gasteiger partial charge in [-0.3, -0.25) is 9.59 Å². The molecule has 1 unspecified atom stereocenters. The lowest BCUT2D eigenvalue weighted by Gasteiger charge is -2.11. The van der Waals surface area contributed by atoms with Crippen LogP contribution in [0.15, 0.2) is 0 Å². The van der Waals surface area contributed by atoms with Gasteiger partial charge in [0.1, 0.15) is 6.61 Å². The summed E-state index contributed by atoms with van der Waals surface area (Å²) in [6, 6.07) is 0. The van der Waals surface area contributed by atoms with E-state index in [0.29, 0.717) is 6.42 Å². The number of carboxylic acid groups (broad SMARTS) is 1. The zero-order valence-corrected chi connectivity index (χ0v) is 18.8. The normalized spacial score (nSPS) is 12.1. The number of hydrogen-bond donors (Lipinski definition) is 2. The summed E-state index contributed by atoms with van der Waals surface area (Å²) in [6.07, 6.45) is 20.7. The second kappa shape index (κ2) is 21.6. The van der Waals surface area contributed by atoms with Gasteiger partial charge in [0.2, 0.25) is 0 Å². The molecule has 0 amide bonds. The summed E-state index contributed by atoms with van der Waals surface area (Å²) in [7, 11) is 0. The number of carbonyl (C=O) groups is 2. The van der Waals surface area contributed by atoms with E-state index in [-0.39, 0.29) is 19.4 Å². The van der Waals surface area contributed by atoms with Crippen molar-refractivity contribution in [2.75, 3.05) is 6.61 Å².